The Hall–Kier alpha value is -1.36. The Labute approximate surface area is 126 Å². The Morgan fingerprint density at radius 3 is 2.50 bits per heavy atom. The van der Waals surface area contributed by atoms with E-state index in [1.807, 2.05) is 0 Å². The van der Waals surface area contributed by atoms with Crippen LogP contribution in [-0.4, -0.2) is 17.0 Å². The van der Waals surface area contributed by atoms with Gasteiger partial charge in [-0.2, -0.15) is 0 Å². The molecule has 5 heteroatoms. The fourth-order valence-electron chi connectivity index (χ4n) is 2.39. The van der Waals surface area contributed by atoms with E-state index in [0.29, 0.717) is 5.56 Å². The van der Waals surface area contributed by atoms with Crippen LogP contribution in [0.15, 0.2) is 28.7 Å². The van der Waals surface area contributed by atoms with Crippen LogP contribution in [0.4, 0.5) is 0 Å². The number of hydrogen-bond donors (Lipinski definition) is 2. The summed E-state index contributed by atoms with van der Waals surface area (Å²) in [6, 6.07) is 5.96. The normalized spacial score (nSPS) is 25.9. The molecule has 108 valence electrons. The van der Waals surface area contributed by atoms with Gasteiger partial charge in [-0.15, -0.1) is 0 Å². The third-order valence-corrected chi connectivity index (χ3v) is 4.74. The molecular weight excluding hydrogens is 322 g/mol. The van der Waals surface area contributed by atoms with Gasteiger partial charge in [0.1, 0.15) is 0 Å². The zero-order valence-electron chi connectivity index (χ0n) is 11.5. The molecule has 0 radical (unpaired) electrons. The number of halogens is 1. The molecule has 2 rings (SSSR count). The lowest BCUT2D eigenvalue weighted by Crippen LogP contribution is -2.35. The van der Waals surface area contributed by atoms with E-state index in [-0.39, 0.29) is 17.2 Å². The van der Waals surface area contributed by atoms with Crippen LogP contribution >= 0.6 is 15.9 Å². The maximum atomic E-state index is 12.2. The highest BCUT2D eigenvalue weighted by Gasteiger charge is 2.53. The average molecular weight is 340 g/mol. The Kier molecular flexibility index (Phi) is 4.18. The highest BCUT2D eigenvalue weighted by molar-refractivity contribution is 9.10. The first-order valence-electron chi connectivity index (χ1n) is 6.66. The minimum absolute atomic E-state index is 0.0346. The minimum Gasteiger partial charge on any atom is -0.479 e. The Bertz CT molecular complexity index is 528. The molecule has 0 spiro atoms. The SMILES string of the molecule is CCC1(C)CC1C(=O)NC(C(=O)O)c1ccc(Br)cc1. The average Bonchev–Trinajstić information content (AvgIpc) is 3.10. The van der Waals surface area contributed by atoms with E-state index in [1.165, 1.54) is 0 Å². The fraction of sp³-hybridized carbons (Fsp3) is 0.467. The number of hydrogen-bond acceptors (Lipinski definition) is 2. The molecule has 20 heavy (non-hydrogen) atoms. The number of carbonyl (C=O) groups excluding carboxylic acids is 1. The van der Waals surface area contributed by atoms with Gasteiger partial charge in [-0.25, -0.2) is 4.79 Å². The van der Waals surface area contributed by atoms with Crippen LogP contribution in [0.1, 0.15) is 38.3 Å². The summed E-state index contributed by atoms with van der Waals surface area (Å²) < 4.78 is 0.873. The summed E-state index contributed by atoms with van der Waals surface area (Å²) in [7, 11) is 0. The summed E-state index contributed by atoms with van der Waals surface area (Å²) in [5.74, 6) is -1.27. The van der Waals surface area contributed by atoms with Crippen LogP contribution in [0, 0.1) is 11.3 Å². The van der Waals surface area contributed by atoms with E-state index in [9.17, 15) is 14.7 Å². The molecule has 4 nitrogen and oxygen atoms in total. The second-order valence-electron chi connectivity index (χ2n) is 5.60. The molecule has 0 saturated heterocycles. The zero-order valence-corrected chi connectivity index (χ0v) is 13.1. The van der Waals surface area contributed by atoms with Gasteiger partial charge in [0.25, 0.3) is 0 Å². The van der Waals surface area contributed by atoms with E-state index in [0.717, 1.165) is 17.3 Å². The molecular formula is C15H18BrNO3. The van der Waals surface area contributed by atoms with Crippen molar-refractivity contribution in [1.82, 2.24) is 5.32 Å². The molecule has 1 aromatic carbocycles. The van der Waals surface area contributed by atoms with Gasteiger partial charge >= 0.3 is 5.97 Å². The fourth-order valence-corrected chi connectivity index (χ4v) is 2.66. The molecule has 1 aliphatic rings. The molecule has 1 aliphatic carbocycles. The molecule has 0 bridgehead atoms. The topological polar surface area (TPSA) is 66.4 Å². The number of nitrogens with one attached hydrogen (secondary N) is 1. The predicted octanol–water partition coefficient (Wildman–Crippen LogP) is 3.13. The zero-order chi connectivity index (χ0) is 14.9. The summed E-state index contributed by atoms with van der Waals surface area (Å²) in [5.41, 5.74) is 0.611. The number of aliphatic carboxylic acids is 1. The van der Waals surface area contributed by atoms with Crippen molar-refractivity contribution in [1.29, 1.82) is 0 Å². The molecule has 1 amide bonds. The van der Waals surface area contributed by atoms with Crippen LogP contribution in [0.2, 0.25) is 0 Å². The number of carboxylic acid groups (broad SMARTS) is 1. The smallest absolute Gasteiger partial charge is 0.330 e. The first-order chi connectivity index (χ1) is 9.37. The van der Waals surface area contributed by atoms with Gasteiger partial charge in [0.15, 0.2) is 6.04 Å². The quantitative estimate of drug-likeness (QED) is 0.865. The third-order valence-electron chi connectivity index (χ3n) is 4.21. The van der Waals surface area contributed by atoms with Crippen LogP contribution in [0.3, 0.4) is 0 Å². The number of benzene rings is 1. The predicted molar refractivity (Wildman–Crippen MR) is 79.2 cm³/mol. The minimum atomic E-state index is -1.04. The standard InChI is InChI=1S/C15H18BrNO3/c1-3-15(2)8-11(15)13(18)17-12(14(19)20)9-4-6-10(16)7-5-9/h4-7,11-12H,3,8H2,1-2H3,(H,17,18)(H,19,20). The van der Waals surface area contributed by atoms with Gasteiger partial charge in [-0.1, -0.05) is 41.9 Å². The van der Waals surface area contributed by atoms with Crippen molar-refractivity contribution in [3.8, 4) is 0 Å². The number of carboxylic acids is 1. The van der Waals surface area contributed by atoms with E-state index >= 15 is 0 Å². The lowest BCUT2D eigenvalue weighted by atomic mass is 10.0. The Morgan fingerprint density at radius 2 is 2.05 bits per heavy atom. The Morgan fingerprint density at radius 1 is 1.45 bits per heavy atom. The van der Waals surface area contributed by atoms with E-state index < -0.39 is 12.0 Å². The van der Waals surface area contributed by atoms with Crippen molar-refractivity contribution >= 4 is 27.8 Å². The second kappa shape index (κ2) is 5.56. The van der Waals surface area contributed by atoms with Gasteiger partial charge in [-0.05, 0) is 36.0 Å². The van der Waals surface area contributed by atoms with Gasteiger partial charge in [0, 0.05) is 10.4 Å². The summed E-state index contributed by atoms with van der Waals surface area (Å²) in [6.07, 6.45) is 1.77. The molecule has 3 unspecified atom stereocenters. The van der Waals surface area contributed by atoms with Crippen molar-refractivity contribution in [2.24, 2.45) is 11.3 Å². The van der Waals surface area contributed by atoms with Gasteiger partial charge in [0.2, 0.25) is 5.91 Å². The molecule has 2 N–H and O–H groups in total. The lowest BCUT2D eigenvalue weighted by Gasteiger charge is -2.16. The number of amides is 1. The van der Waals surface area contributed by atoms with Crippen molar-refractivity contribution in [2.45, 2.75) is 32.7 Å². The molecule has 1 saturated carbocycles. The first kappa shape index (κ1) is 15.0. The van der Waals surface area contributed by atoms with Gasteiger partial charge in [0.05, 0.1) is 0 Å². The van der Waals surface area contributed by atoms with Crippen LogP contribution in [-0.2, 0) is 9.59 Å². The van der Waals surface area contributed by atoms with E-state index in [4.69, 9.17) is 0 Å². The van der Waals surface area contributed by atoms with E-state index in [1.54, 1.807) is 24.3 Å². The largest absolute Gasteiger partial charge is 0.479 e. The Balaban J connectivity index is 2.09. The van der Waals surface area contributed by atoms with E-state index in [2.05, 4.69) is 35.1 Å². The maximum absolute atomic E-state index is 12.2. The molecule has 1 fully saturated rings. The van der Waals surface area contributed by atoms with Crippen molar-refractivity contribution < 1.29 is 14.7 Å². The molecule has 3 atom stereocenters. The van der Waals surface area contributed by atoms with Crippen LogP contribution in [0.25, 0.3) is 0 Å². The van der Waals surface area contributed by atoms with Crippen molar-refractivity contribution in [2.75, 3.05) is 0 Å². The molecule has 0 heterocycles. The van der Waals surface area contributed by atoms with Crippen molar-refractivity contribution in [3.05, 3.63) is 34.3 Å². The summed E-state index contributed by atoms with van der Waals surface area (Å²) >= 11 is 3.31. The highest BCUT2D eigenvalue weighted by Crippen LogP contribution is 2.54. The molecule has 1 aromatic rings. The lowest BCUT2D eigenvalue weighted by molar-refractivity contribution is -0.142. The van der Waals surface area contributed by atoms with Gasteiger partial charge < -0.3 is 10.4 Å². The van der Waals surface area contributed by atoms with Crippen LogP contribution in [0.5, 0.6) is 0 Å². The van der Waals surface area contributed by atoms with Crippen LogP contribution < -0.4 is 5.32 Å². The van der Waals surface area contributed by atoms with Crippen molar-refractivity contribution in [3.63, 3.8) is 0 Å². The first-order valence-corrected chi connectivity index (χ1v) is 7.45. The number of carbonyl (C=O) groups is 2. The summed E-state index contributed by atoms with van der Waals surface area (Å²) in [5, 5.41) is 12.0. The number of rotatable bonds is 5. The third kappa shape index (κ3) is 3.03. The monoisotopic (exact) mass is 339 g/mol. The summed E-state index contributed by atoms with van der Waals surface area (Å²) in [6.45, 7) is 4.11. The summed E-state index contributed by atoms with van der Waals surface area (Å²) in [4.78, 5) is 23.5. The molecule has 0 aliphatic heterocycles. The highest BCUT2D eigenvalue weighted by atomic mass is 79.9. The maximum Gasteiger partial charge on any atom is 0.330 e. The van der Waals surface area contributed by atoms with Gasteiger partial charge in [-0.3, -0.25) is 4.79 Å². The molecule has 0 aromatic heterocycles. The second-order valence-corrected chi connectivity index (χ2v) is 6.51.